The van der Waals surface area contributed by atoms with Crippen molar-refractivity contribution in [1.82, 2.24) is 20.0 Å². The van der Waals surface area contributed by atoms with Gasteiger partial charge in [-0.2, -0.15) is 5.10 Å². The first-order chi connectivity index (χ1) is 14.4. The highest BCUT2D eigenvalue weighted by molar-refractivity contribution is 5.94. The van der Waals surface area contributed by atoms with E-state index in [0.29, 0.717) is 11.5 Å². The monoisotopic (exact) mass is 410 g/mol. The lowest BCUT2D eigenvalue weighted by Gasteiger charge is -2.32. The van der Waals surface area contributed by atoms with Crippen molar-refractivity contribution in [3.8, 4) is 5.75 Å². The van der Waals surface area contributed by atoms with E-state index >= 15 is 0 Å². The zero-order chi connectivity index (χ0) is 21.3. The first kappa shape index (κ1) is 20.4. The maximum atomic E-state index is 12.6. The van der Waals surface area contributed by atoms with Crippen LogP contribution in [0.5, 0.6) is 5.75 Å². The largest absolute Gasteiger partial charge is 0.490 e. The number of nitrogens with zero attached hydrogens (tertiary/aromatic N) is 3. The van der Waals surface area contributed by atoms with Gasteiger partial charge in [-0.25, -0.2) is 0 Å². The molecule has 1 aliphatic carbocycles. The van der Waals surface area contributed by atoms with E-state index in [1.165, 1.54) is 0 Å². The minimum Gasteiger partial charge on any atom is -0.490 e. The lowest BCUT2D eigenvalue weighted by Crippen LogP contribution is -2.42. The summed E-state index contributed by atoms with van der Waals surface area (Å²) in [5.74, 6) is 1.24. The number of ether oxygens (including phenoxy) is 1. The van der Waals surface area contributed by atoms with Crippen LogP contribution in [0.2, 0.25) is 0 Å². The number of carbonyl (C=O) groups excluding carboxylic acids is 2. The Kier molecular flexibility index (Phi) is 5.79. The molecule has 2 fully saturated rings. The minimum atomic E-state index is -0.121. The van der Waals surface area contributed by atoms with Crippen molar-refractivity contribution in [3.63, 3.8) is 0 Å². The van der Waals surface area contributed by atoms with Crippen LogP contribution in [0.15, 0.2) is 30.5 Å². The van der Waals surface area contributed by atoms with Gasteiger partial charge in [-0.1, -0.05) is 0 Å². The van der Waals surface area contributed by atoms with Crippen molar-refractivity contribution < 1.29 is 14.3 Å². The zero-order valence-electron chi connectivity index (χ0n) is 17.9. The summed E-state index contributed by atoms with van der Waals surface area (Å²) in [5, 5.41) is 7.26. The Morgan fingerprint density at radius 2 is 1.80 bits per heavy atom. The molecule has 7 nitrogen and oxygen atoms in total. The summed E-state index contributed by atoms with van der Waals surface area (Å²) in [7, 11) is 1.89. The fourth-order valence-electron chi connectivity index (χ4n) is 3.96. The summed E-state index contributed by atoms with van der Waals surface area (Å²) in [4.78, 5) is 26.7. The molecule has 0 spiro atoms. The molecule has 2 amide bonds. The van der Waals surface area contributed by atoms with Gasteiger partial charge in [0.1, 0.15) is 11.9 Å². The van der Waals surface area contributed by atoms with Crippen molar-refractivity contribution >= 4 is 11.8 Å². The number of hydrogen-bond donors (Lipinski definition) is 1. The molecule has 1 atom stereocenters. The highest BCUT2D eigenvalue weighted by Crippen LogP contribution is 2.32. The smallest absolute Gasteiger partial charge is 0.251 e. The molecule has 160 valence electrons. The fourth-order valence-corrected chi connectivity index (χ4v) is 3.96. The molecule has 1 aliphatic heterocycles. The Labute approximate surface area is 177 Å². The van der Waals surface area contributed by atoms with Crippen LogP contribution in [0.1, 0.15) is 60.3 Å². The second-order valence-corrected chi connectivity index (χ2v) is 8.45. The first-order valence-corrected chi connectivity index (χ1v) is 10.8. The standard InChI is InChI=1S/C23H30N4O3/c1-15(21-14-24-26(3)16(21)2)25-22(28)17-6-8-19(9-7-17)30-20-10-12-27(13-11-20)23(29)18-4-5-18/h6-9,14-15,18,20H,4-5,10-13H2,1-3H3,(H,25,28)/t15-/m1/s1. The quantitative estimate of drug-likeness (QED) is 0.794. The third-order valence-corrected chi connectivity index (χ3v) is 6.19. The number of nitrogens with one attached hydrogen (secondary N) is 1. The molecule has 1 N–H and O–H groups in total. The van der Waals surface area contributed by atoms with Crippen molar-refractivity contribution in [2.45, 2.75) is 51.7 Å². The lowest BCUT2D eigenvalue weighted by molar-refractivity contribution is -0.134. The number of benzene rings is 1. The Hall–Kier alpha value is -2.83. The fraction of sp³-hybridized carbons (Fsp3) is 0.522. The SMILES string of the molecule is Cc1c([C@@H](C)NC(=O)c2ccc(OC3CCN(C(=O)C4CC4)CC3)cc2)cnn1C. The van der Waals surface area contributed by atoms with Crippen LogP contribution in [-0.4, -0.2) is 45.7 Å². The molecule has 1 saturated carbocycles. The van der Waals surface area contributed by atoms with Crippen molar-refractivity contribution in [1.29, 1.82) is 0 Å². The van der Waals surface area contributed by atoms with Crippen molar-refractivity contribution in [2.75, 3.05) is 13.1 Å². The predicted octanol–water partition coefficient (Wildman–Crippen LogP) is 3.00. The average Bonchev–Trinajstić information content (AvgIpc) is 3.54. The Morgan fingerprint density at radius 1 is 1.13 bits per heavy atom. The number of hydrogen-bond acceptors (Lipinski definition) is 4. The van der Waals surface area contributed by atoms with Crippen LogP contribution < -0.4 is 10.1 Å². The number of carbonyl (C=O) groups is 2. The van der Waals surface area contributed by atoms with E-state index in [0.717, 1.165) is 55.8 Å². The first-order valence-electron chi connectivity index (χ1n) is 10.8. The second-order valence-electron chi connectivity index (χ2n) is 8.45. The molecule has 30 heavy (non-hydrogen) atoms. The second kappa shape index (κ2) is 8.50. The maximum Gasteiger partial charge on any atom is 0.251 e. The van der Waals surface area contributed by atoms with Gasteiger partial charge in [0.05, 0.1) is 12.2 Å². The predicted molar refractivity (Wildman–Crippen MR) is 113 cm³/mol. The topological polar surface area (TPSA) is 76.5 Å². The van der Waals surface area contributed by atoms with E-state index in [2.05, 4.69) is 10.4 Å². The van der Waals surface area contributed by atoms with Crippen LogP contribution in [0.3, 0.4) is 0 Å². The zero-order valence-corrected chi connectivity index (χ0v) is 17.9. The number of aromatic nitrogens is 2. The summed E-state index contributed by atoms with van der Waals surface area (Å²) >= 11 is 0. The normalized spacial score (nSPS) is 18.2. The average molecular weight is 411 g/mol. The minimum absolute atomic E-state index is 0.113. The van der Waals surface area contributed by atoms with Crippen LogP contribution in [-0.2, 0) is 11.8 Å². The summed E-state index contributed by atoms with van der Waals surface area (Å²) in [5.41, 5.74) is 2.65. The molecule has 7 heteroatoms. The molecule has 4 rings (SSSR count). The molecule has 1 saturated heterocycles. The molecule has 0 bridgehead atoms. The Bertz CT molecular complexity index is 909. The number of piperidine rings is 1. The number of amides is 2. The Morgan fingerprint density at radius 3 is 2.37 bits per heavy atom. The van der Waals surface area contributed by atoms with Crippen LogP contribution in [0.25, 0.3) is 0 Å². The highest BCUT2D eigenvalue weighted by Gasteiger charge is 2.35. The van der Waals surface area contributed by atoms with Crippen LogP contribution in [0, 0.1) is 12.8 Å². The van der Waals surface area contributed by atoms with Gasteiger partial charge in [-0.05, 0) is 51.0 Å². The number of likely N-dealkylation sites (tertiary alicyclic amines) is 1. The van der Waals surface area contributed by atoms with E-state index in [1.54, 1.807) is 23.0 Å². The summed E-state index contributed by atoms with van der Waals surface area (Å²) in [6, 6.07) is 7.15. The molecule has 0 unspecified atom stereocenters. The number of aryl methyl sites for hydroxylation is 1. The number of rotatable bonds is 6. The molecular weight excluding hydrogens is 380 g/mol. The Balaban J connectivity index is 1.28. The summed E-state index contributed by atoms with van der Waals surface area (Å²) < 4.78 is 7.88. The lowest BCUT2D eigenvalue weighted by atomic mass is 10.1. The van der Waals surface area contributed by atoms with Gasteiger partial charge in [0.2, 0.25) is 5.91 Å². The van der Waals surface area contributed by atoms with Gasteiger partial charge in [0, 0.05) is 55.7 Å². The van der Waals surface area contributed by atoms with Crippen LogP contribution in [0.4, 0.5) is 0 Å². The van der Waals surface area contributed by atoms with Gasteiger partial charge >= 0.3 is 0 Å². The molecule has 0 radical (unpaired) electrons. The van der Waals surface area contributed by atoms with Gasteiger partial charge in [0.25, 0.3) is 5.91 Å². The summed E-state index contributed by atoms with van der Waals surface area (Å²) in [6.45, 7) is 5.49. The van der Waals surface area contributed by atoms with Crippen molar-refractivity contribution in [3.05, 3.63) is 47.3 Å². The van der Waals surface area contributed by atoms with E-state index in [4.69, 9.17) is 4.74 Å². The van der Waals surface area contributed by atoms with E-state index < -0.39 is 0 Å². The maximum absolute atomic E-state index is 12.6. The molecular formula is C23H30N4O3. The third kappa shape index (κ3) is 4.50. The third-order valence-electron chi connectivity index (χ3n) is 6.19. The van der Waals surface area contributed by atoms with Gasteiger partial charge in [-0.15, -0.1) is 0 Å². The van der Waals surface area contributed by atoms with E-state index in [-0.39, 0.29) is 24.0 Å². The molecule has 2 aromatic rings. The van der Waals surface area contributed by atoms with Crippen LogP contribution >= 0.6 is 0 Å². The van der Waals surface area contributed by atoms with Gasteiger partial charge < -0.3 is 15.0 Å². The molecule has 2 heterocycles. The highest BCUT2D eigenvalue weighted by atomic mass is 16.5. The van der Waals surface area contributed by atoms with Gasteiger partial charge in [0.15, 0.2) is 0 Å². The van der Waals surface area contributed by atoms with Crippen molar-refractivity contribution in [2.24, 2.45) is 13.0 Å². The molecule has 1 aromatic carbocycles. The summed E-state index contributed by atoms with van der Waals surface area (Å²) in [6.07, 6.45) is 5.71. The van der Waals surface area contributed by atoms with E-state index in [1.807, 2.05) is 37.9 Å². The van der Waals surface area contributed by atoms with Gasteiger partial charge in [-0.3, -0.25) is 14.3 Å². The van der Waals surface area contributed by atoms with E-state index in [9.17, 15) is 9.59 Å². The molecule has 2 aliphatic rings. The molecule has 1 aromatic heterocycles.